The van der Waals surface area contributed by atoms with Gasteiger partial charge in [0.25, 0.3) is 0 Å². The standard InChI is InChI=1S/C9H7ClFN/c1-6-2-3-8(11)7(4-5-12)9(6)10/h2-3H,4H2,1H3. The molecule has 0 saturated carbocycles. The summed E-state index contributed by atoms with van der Waals surface area (Å²) >= 11 is 5.79. The summed E-state index contributed by atoms with van der Waals surface area (Å²) in [6.45, 7) is 1.78. The number of aryl methyl sites for hydroxylation is 1. The largest absolute Gasteiger partial charge is 0.207 e. The number of hydrogen-bond acceptors (Lipinski definition) is 1. The molecule has 0 atom stereocenters. The molecule has 0 fully saturated rings. The van der Waals surface area contributed by atoms with Crippen LogP contribution in [0.15, 0.2) is 12.1 Å². The summed E-state index contributed by atoms with van der Waals surface area (Å²) in [5.74, 6) is -0.410. The van der Waals surface area contributed by atoms with Gasteiger partial charge in [-0.3, -0.25) is 0 Å². The van der Waals surface area contributed by atoms with Crippen molar-refractivity contribution in [3.63, 3.8) is 0 Å². The molecule has 0 aliphatic carbocycles. The van der Waals surface area contributed by atoms with Crippen LogP contribution in [-0.2, 0) is 6.42 Å². The van der Waals surface area contributed by atoms with Gasteiger partial charge in [0.2, 0.25) is 0 Å². The fraction of sp³-hybridized carbons (Fsp3) is 0.222. The first-order valence-electron chi connectivity index (χ1n) is 3.47. The van der Waals surface area contributed by atoms with Crippen LogP contribution >= 0.6 is 11.6 Å². The van der Waals surface area contributed by atoms with Crippen LogP contribution in [0.4, 0.5) is 4.39 Å². The van der Waals surface area contributed by atoms with Crippen molar-refractivity contribution >= 4 is 11.6 Å². The molecule has 0 heterocycles. The Balaban J connectivity index is 3.25. The maximum atomic E-state index is 13.0. The number of hydrogen-bond donors (Lipinski definition) is 0. The van der Waals surface area contributed by atoms with Gasteiger partial charge in [0.1, 0.15) is 5.82 Å². The van der Waals surface area contributed by atoms with Crippen molar-refractivity contribution in [1.29, 1.82) is 5.26 Å². The van der Waals surface area contributed by atoms with Gasteiger partial charge in [-0.25, -0.2) is 4.39 Å². The summed E-state index contributed by atoms with van der Waals surface area (Å²) in [6.07, 6.45) is 0.0202. The van der Waals surface area contributed by atoms with Crippen molar-refractivity contribution in [3.8, 4) is 6.07 Å². The predicted molar refractivity (Wildman–Crippen MR) is 45.5 cm³/mol. The van der Waals surface area contributed by atoms with Crippen molar-refractivity contribution in [2.75, 3.05) is 0 Å². The number of halogens is 2. The minimum atomic E-state index is -0.410. The van der Waals surface area contributed by atoms with Gasteiger partial charge in [-0.1, -0.05) is 17.7 Å². The Hall–Kier alpha value is -1.07. The first-order chi connectivity index (χ1) is 5.66. The summed E-state index contributed by atoms with van der Waals surface area (Å²) in [5, 5.41) is 8.74. The molecule has 0 aromatic heterocycles. The second-order valence-electron chi connectivity index (χ2n) is 2.49. The van der Waals surface area contributed by atoms with Crippen LogP contribution in [0.1, 0.15) is 11.1 Å². The Labute approximate surface area is 75.4 Å². The number of rotatable bonds is 1. The summed E-state index contributed by atoms with van der Waals surface area (Å²) < 4.78 is 13.0. The zero-order valence-electron chi connectivity index (χ0n) is 6.56. The summed E-state index contributed by atoms with van der Waals surface area (Å²) in [6, 6.07) is 4.79. The lowest BCUT2D eigenvalue weighted by atomic mass is 10.1. The minimum absolute atomic E-state index is 0.0202. The normalized spacial score (nSPS) is 9.50. The highest BCUT2D eigenvalue weighted by Crippen LogP contribution is 2.23. The summed E-state index contributed by atoms with van der Waals surface area (Å²) in [7, 11) is 0. The van der Waals surface area contributed by atoms with E-state index in [0.29, 0.717) is 10.6 Å². The molecular weight excluding hydrogens is 177 g/mol. The van der Waals surface area contributed by atoms with Crippen molar-refractivity contribution in [2.24, 2.45) is 0 Å². The first-order valence-corrected chi connectivity index (χ1v) is 3.85. The van der Waals surface area contributed by atoms with Crippen LogP contribution in [-0.4, -0.2) is 0 Å². The van der Waals surface area contributed by atoms with E-state index in [0.717, 1.165) is 5.56 Å². The maximum absolute atomic E-state index is 13.0. The fourth-order valence-electron chi connectivity index (χ4n) is 0.956. The molecular formula is C9H7ClFN. The lowest BCUT2D eigenvalue weighted by Crippen LogP contribution is -1.92. The maximum Gasteiger partial charge on any atom is 0.128 e. The van der Waals surface area contributed by atoms with E-state index < -0.39 is 5.82 Å². The highest BCUT2D eigenvalue weighted by Gasteiger charge is 2.08. The van der Waals surface area contributed by atoms with Crippen molar-refractivity contribution in [3.05, 3.63) is 34.1 Å². The van der Waals surface area contributed by atoms with E-state index in [1.54, 1.807) is 13.0 Å². The Bertz CT molecular complexity index is 341. The lowest BCUT2D eigenvalue weighted by molar-refractivity contribution is 0.615. The van der Waals surface area contributed by atoms with Crippen LogP contribution in [0.5, 0.6) is 0 Å². The van der Waals surface area contributed by atoms with Gasteiger partial charge in [0.05, 0.1) is 17.5 Å². The monoisotopic (exact) mass is 183 g/mol. The average molecular weight is 184 g/mol. The van der Waals surface area contributed by atoms with Gasteiger partial charge >= 0.3 is 0 Å². The number of nitrogens with zero attached hydrogens (tertiary/aromatic N) is 1. The van der Waals surface area contributed by atoms with Gasteiger partial charge in [-0.05, 0) is 18.6 Å². The molecule has 0 unspecified atom stereocenters. The molecule has 0 spiro atoms. The predicted octanol–water partition coefficient (Wildman–Crippen LogP) is 2.85. The first kappa shape index (κ1) is 9.02. The molecule has 0 saturated heterocycles. The van der Waals surface area contributed by atoms with Crippen LogP contribution in [0, 0.1) is 24.1 Å². The van der Waals surface area contributed by atoms with Crippen molar-refractivity contribution in [2.45, 2.75) is 13.3 Å². The average Bonchev–Trinajstić information content (AvgIpc) is 2.06. The molecule has 0 aliphatic rings. The Morgan fingerprint density at radius 1 is 1.58 bits per heavy atom. The third kappa shape index (κ3) is 1.57. The minimum Gasteiger partial charge on any atom is -0.207 e. The van der Waals surface area contributed by atoms with Crippen LogP contribution < -0.4 is 0 Å². The number of benzene rings is 1. The molecule has 1 aromatic carbocycles. The Morgan fingerprint density at radius 2 is 2.25 bits per heavy atom. The second-order valence-corrected chi connectivity index (χ2v) is 2.87. The lowest BCUT2D eigenvalue weighted by Gasteiger charge is -2.03. The third-order valence-electron chi connectivity index (χ3n) is 1.63. The molecule has 62 valence electrons. The smallest absolute Gasteiger partial charge is 0.128 e. The van der Waals surface area contributed by atoms with E-state index in [1.807, 2.05) is 6.07 Å². The van der Waals surface area contributed by atoms with Gasteiger partial charge < -0.3 is 0 Å². The van der Waals surface area contributed by atoms with Crippen LogP contribution in [0.3, 0.4) is 0 Å². The fourth-order valence-corrected chi connectivity index (χ4v) is 1.18. The van der Waals surface area contributed by atoms with E-state index in [4.69, 9.17) is 16.9 Å². The zero-order chi connectivity index (χ0) is 9.14. The topological polar surface area (TPSA) is 23.8 Å². The number of nitriles is 1. The molecule has 0 N–H and O–H groups in total. The molecule has 0 aliphatic heterocycles. The Kier molecular flexibility index (Phi) is 2.67. The van der Waals surface area contributed by atoms with Gasteiger partial charge in [-0.2, -0.15) is 5.26 Å². The SMILES string of the molecule is Cc1ccc(F)c(CC#N)c1Cl. The van der Waals surface area contributed by atoms with E-state index in [1.165, 1.54) is 6.07 Å². The van der Waals surface area contributed by atoms with E-state index in [9.17, 15) is 4.39 Å². The van der Waals surface area contributed by atoms with Crippen molar-refractivity contribution in [1.82, 2.24) is 0 Å². The zero-order valence-corrected chi connectivity index (χ0v) is 7.32. The third-order valence-corrected chi connectivity index (χ3v) is 2.16. The highest BCUT2D eigenvalue weighted by molar-refractivity contribution is 6.32. The van der Waals surface area contributed by atoms with Gasteiger partial charge in [0, 0.05) is 5.56 Å². The second kappa shape index (κ2) is 3.55. The van der Waals surface area contributed by atoms with Gasteiger partial charge in [-0.15, -0.1) is 0 Å². The summed E-state index contributed by atoms with van der Waals surface area (Å²) in [4.78, 5) is 0. The molecule has 0 radical (unpaired) electrons. The van der Waals surface area contributed by atoms with E-state index >= 15 is 0 Å². The molecule has 12 heavy (non-hydrogen) atoms. The quantitative estimate of drug-likeness (QED) is 0.657. The molecule has 1 aromatic rings. The molecule has 1 nitrogen and oxygen atoms in total. The van der Waals surface area contributed by atoms with Gasteiger partial charge in [0.15, 0.2) is 0 Å². The highest BCUT2D eigenvalue weighted by atomic mass is 35.5. The summed E-state index contributed by atoms with van der Waals surface area (Å²) in [5.41, 5.74) is 1.09. The molecule has 0 bridgehead atoms. The molecule has 1 rings (SSSR count). The van der Waals surface area contributed by atoms with Crippen LogP contribution in [0.2, 0.25) is 5.02 Å². The van der Waals surface area contributed by atoms with Crippen LogP contribution in [0.25, 0.3) is 0 Å². The molecule has 3 heteroatoms. The molecule has 0 amide bonds. The Morgan fingerprint density at radius 3 is 2.83 bits per heavy atom. The van der Waals surface area contributed by atoms with E-state index in [2.05, 4.69) is 0 Å². The van der Waals surface area contributed by atoms with Crippen molar-refractivity contribution < 1.29 is 4.39 Å². The van der Waals surface area contributed by atoms with E-state index in [-0.39, 0.29) is 6.42 Å².